The van der Waals surface area contributed by atoms with Gasteiger partial charge < -0.3 is 10.6 Å². The number of nitrogens with zero attached hydrogens (tertiary/aromatic N) is 1. The maximum Gasteiger partial charge on any atom is 0.198 e. The van der Waals surface area contributed by atoms with Crippen LogP contribution in [0, 0.1) is 0 Å². The minimum absolute atomic E-state index is 0.779. The molecule has 2 aromatic carbocycles. The topological polar surface area (TPSA) is 54.8 Å². The van der Waals surface area contributed by atoms with E-state index in [1.54, 1.807) is 11.3 Å². The van der Waals surface area contributed by atoms with Gasteiger partial charge in [0.2, 0.25) is 0 Å². The van der Waals surface area contributed by atoms with E-state index in [9.17, 15) is 0 Å². The SMILES string of the molecule is CN(C)c1ccc(-c2c3ccc(=[NH2+])cc-3sc3cc(N)ccc23)cc1. The highest BCUT2D eigenvalue weighted by atomic mass is 32.1. The minimum Gasteiger partial charge on any atom is -0.399 e. The lowest BCUT2D eigenvalue weighted by molar-refractivity contribution is -0.172. The molecule has 1 aliphatic heterocycles. The minimum atomic E-state index is 0.779. The van der Waals surface area contributed by atoms with Crippen molar-refractivity contribution in [2.24, 2.45) is 0 Å². The van der Waals surface area contributed by atoms with Crippen molar-refractivity contribution in [3.8, 4) is 21.6 Å². The summed E-state index contributed by atoms with van der Waals surface area (Å²) in [6.07, 6.45) is 0. The van der Waals surface area contributed by atoms with Crippen LogP contribution in [0.4, 0.5) is 11.4 Å². The maximum absolute atomic E-state index is 6.02. The van der Waals surface area contributed by atoms with Crippen LogP contribution in [-0.4, -0.2) is 14.1 Å². The lowest BCUT2D eigenvalue weighted by Crippen LogP contribution is -2.44. The third-order valence-electron chi connectivity index (χ3n) is 4.44. The first-order chi connectivity index (χ1) is 12.0. The second kappa shape index (κ2) is 5.90. The Labute approximate surface area is 150 Å². The molecule has 2 aliphatic rings. The van der Waals surface area contributed by atoms with Gasteiger partial charge >= 0.3 is 0 Å². The van der Waals surface area contributed by atoms with Crippen molar-refractivity contribution in [3.05, 3.63) is 66.0 Å². The molecule has 0 spiro atoms. The summed E-state index contributed by atoms with van der Waals surface area (Å²) in [6.45, 7) is 0. The number of hydrogen-bond donors (Lipinski definition) is 2. The van der Waals surface area contributed by atoms with E-state index in [2.05, 4.69) is 55.4 Å². The van der Waals surface area contributed by atoms with E-state index >= 15 is 0 Å². The molecule has 0 fully saturated rings. The van der Waals surface area contributed by atoms with Gasteiger partial charge in [0.25, 0.3) is 0 Å². The van der Waals surface area contributed by atoms with Gasteiger partial charge in [0.1, 0.15) is 0 Å². The van der Waals surface area contributed by atoms with E-state index in [0.29, 0.717) is 0 Å². The van der Waals surface area contributed by atoms with Crippen LogP contribution in [0.5, 0.6) is 0 Å². The molecule has 1 heterocycles. The van der Waals surface area contributed by atoms with Crippen LogP contribution in [0.25, 0.3) is 31.7 Å². The van der Waals surface area contributed by atoms with E-state index in [1.807, 2.05) is 24.3 Å². The van der Waals surface area contributed by atoms with Gasteiger partial charge in [-0.1, -0.05) is 18.2 Å². The Kier molecular flexibility index (Phi) is 3.70. The third-order valence-corrected chi connectivity index (χ3v) is 5.56. The number of anilines is 2. The molecule has 4 rings (SSSR count). The first kappa shape index (κ1) is 15.7. The van der Waals surface area contributed by atoms with E-state index < -0.39 is 0 Å². The number of nitrogen functional groups attached to an aromatic ring is 1. The van der Waals surface area contributed by atoms with Crippen LogP contribution in [-0.2, 0) is 0 Å². The Bertz CT molecular complexity index is 1090. The first-order valence-corrected chi connectivity index (χ1v) is 8.97. The average Bonchev–Trinajstić information content (AvgIpc) is 2.59. The number of rotatable bonds is 2. The van der Waals surface area contributed by atoms with Crippen molar-refractivity contribution in [1.29, 1.82) is 0 Å². The predicted molar refractivity (Wildman–Crippen MR) is 108 cm³/mol. The molecule has 4 N–H and O–H groups in total. The Hall–Kier alpha value is -2.85. The third kappa shape index (κ3) is 2.75. The van der Waals surface area contributed by atoms with Crippen LogP contribution in [0.1, 0.15) is 0 Å². The molecule has 4 heteroatoms. The van der Waals surface area contributed by atoms with Crippen molar-refractivity contribution in [2.75, 3.05) is 24.7 Å². The molecule has 0 aromatic heterocycles. The van der Waals surface area contributed by atoms with Crippen LogP contribution in [0.2, 0.25) is 0 Å². The van der Waals surface area contributed by atoms with Gasteiger partial charge in [0, 0.05) is 58.1 Å². The fraction of sp³-hybridized carbons (Fsp3) is 0.0952. The van der Waals surface area contributed by atoms with Gasteiger partial charge in [0.05, 0.1) is 0 Å². The average molecular weight is 346 g/mol. The van der Waals surface area contributed by atoms with Gasteiger partial charge in [-0.25, -0.2) is 0 Å². The summed E-state index contributed by atoms with van der Waals surface area (Å²) in [5.74, 6) is 0. The normalized spacial score (nSPS) is 11.1. The van der Waals surface area contributed by atoms with Gasteiger partial charge in [0.15, 0.2) is 5.36 Å². The highest BCUT2D eigenvalue weighted by Crippen LogP contribution is 2.43. The quantitative estimate of drug-likeness (QED) is 0.433. The van der Waals surface area contributed by atoms with Crippen LogP contribution >= 0.6 is 11.3 Å². The summed E-state index contributed by atoms with van der Waals surface area (Å²) in [5.41, 5.74) is 11.6. The lowest BCUT2D eigenvalue weighted by atomic mass is 9.95. The maximum atomic E-state index is 6.02. The highest BCUT2D eigenvalue weighted by Gasteiger charge is 2.16. The number of nitrogens with two attached hydrogens (primary N) is 2. The zero-order valence-electron chi connectivity index (χ0n) is 14.3. The highest BCUT2D eigenvalue weighted by molar-refractivity contribution is 7.21. The van der Waals surface area contributed by atoms with E-state index in [0.717, 1.165) is 11.0 Å². The molecule has 0 amide bonds. The summed E-state index contributed by atoms with van der Waals surface area (Å²) in [4.78, 5) is 3.28. The lowest BCUT2D eigenvalue weighted by Gasteiger charge is -2.17. The van der Waals surface area contributed by atoms with Crippen LogP contribution < -0.4 is 21.4 Å². The van der Waals surface area contributed by atoms with E-state index in [-0.39, 0.29) is 0 Å². The first-order valence-electron chi connectivity index (χ1n) is 8.15. The molecule has 0 saturated carbocycles. The van der Waals surface area contributed by atoms with E-state index in [4.69, 9.17) is 11.1 Å². The van der Waals surface area contributed by atoms with Gasteiger partial charge in [-0.15, -0.1) is 11.3 Å². The smallest absolute Gasteiger partial charge is 0.198 e. The van der Waals surface area contributed by atoms with E-state index in [1.165, 1.54) is 37.3 Å². The molecular weight excluding hydrogens is 326 g/mol. The molecule has 124 valence electrons. The summed E-state index contributed by atoms with van der Waals surface area (Å²) < 4.78 is 1.17. The zero-order chi connectivity index (χ0) is 17.6. The summed E-state index contributed by atoms with van der Waals surface area (Å²) in [6, 6.07) is 20.9. The summed E-state index contributed by atoms with van der Waals surface area (Å²) in [7, 11) is 4.10. The predicted octanol–water partition coefficient (Wildman–Crippen LogP) is 2.98. The van der Waals surface area contributed by atoms with Crippen molar-refractivity contribution in [3.63, 3.8) is 0 Å². The number of fused-ring (bicyclic) bond motifs is 2. The summed E-state index contributed by atoms with van der Waals surface area (Å²) in [5, 5.41) is 8.01. The molecule has 1 aliphatic carbocycles. The Morgan fingerprint density at radius 2 is 1.68 bits per heavy atom. The van der Waals surface area contributed by atoms with Crippen LogP contribution in [0.15, 0.2) is 60.7 Å². The second-order valence-corrected chi connectivity index (χ2v) is 7.51. The Morgan fingerprint density at radius 1 is 0.920 bits per heavy atom. The standard InChI is InChI=1S/C21H19N3S/c1-24(2)16-7-3-13(4-8-16)21-17-9-5-14(22)11-19(17)25-20-12-15(23)6-10-18(20)21/h3-12,22H,23H2,1-2H3/p+1. The molecule has 0 atom stereocenters. The van der Waals surface area contributed by atoms with Gasteiger partial charge in [-0.2, -0.15) is 0 Å². The number of benzene rings is 3. The van der Waals surface area contributed by atoms with Gasteiger partial charge in [-0.05, 0) is 41.5 Å². The monoisotopic (exact) mass is 346 g/mol. The Morgan fingerprint density at radius 3 is 2.40 bits per heavy atom. The van der Waals surface area contributed by atoms with Crippen molar-refractivity contribution >= 4 is 32.8 Å². The van der Waals surface area contributed by atoms with Crippen molar-refractivity contribution < 1.29 is 5.41 Å². The molecule has 2 aromatic rings. The fourth-order valence-corrected chi connectivity index (χ4v) is 4.35. The molecule has 0 bridgehead atoms. The number of hydrogen-bond acceptors (Lipinski definition) is 3. The molecule has 0 unspecified atom stereocenters. The molecule has 0 saturated heterocycles. The fourth-order valence-electron chi connectivity index (χ4n) is 3.16. The molecular formula is C21H20N3S+. The zero-order valence-corrected chi connectivity index (χ0v) is 15.1. The Balaban J connectivity index is 2.07. The van der Waals surface area contributed by atoms with Crippen molar-refractivity contribution in [1.82, 2.24) is 0 Å². The van der Waals surface area contributed by atoms with Crippen molar-refractivity contribution in [2.45, 2.75) is 0 Å². The molecule has 25 heavy (non-hydrogen) atoms. The summed E-state index contributed by atoms with van der Waals surface area (Å²) >= 11 is 1.73. The van der Waals surface area contributed by atoms with Gasteiger partial charge in [-0.3, -0.25) is 5.41 Å². The van der Waals surface area contributed by atoms with Crippen LogP contribution in [0.3, 0.4) is 0 Å². The largest absolute Gasteiger partial charge is 0.399 e. The molecule has 3 nitrogen and oxygen atoms in total. The second-order valence-electron chi connectivity index (χ2n) is 6.43. The molecule has 0 radical (unpaired) electrons.